The van der Waals surface area contributed by atoms with Crippen molar-refractivity contribution in [3.63, 3.8) is 0 Å². The molecule has 1 saturated heterocycles. The molecule has 3 nitrogen and oxygen atoms in total. The highest BCUT2D eigenvalue weighted by molar-refractivity contribution is 5.79. The monoisotopic (exact) mass is 260 g/mol. The van der Waals surface area contributed by atoms with Crippen molar-refractivity contribution >= 4 is 5.91 Å². The van der Waals surface area contributed by atoms with Gasteiger partial charge in [0.1, 0.15) is 0 Å². The van der Waals surface area contributed by atoms with E-state index in [0.717, 1.165) is 6.54 Å². The summed E-state index contributed by atoms with van der Waals surface area (Å²) < 4.78 is 26.2. The summed E-state index contributed by atoms with van der Waals surface area (Å²) in [6.07, 6.45) is 0.382. The van der Waals surface area contributed by atoms with Gasteiger partial charge in [0.15, 0.2) is 0 Å². The molecule has 0 bridgehead atoms. The molecular formula is C13H22F2N2O. The largest absolute Gasteiger partial charge is 0.337 e. The maximum Gasteiger partial charge on any atom is 0.248 e. The van der Waals surface area contributed by atoms with E-state index in [1.54, 1.807) is 0 Å². The zero-order valence-corrected chi connectivity index (χ0v) is 11.1. The second-order valence-electron chi connectivity index (χ2n) is 5.78. The van der Waals surface area contributed by atoms with Crippen molar-refractivity contribution in [1.82, 2.24) is 10.2 Å². The van der Waals surface area contributed by atoms with Gasteiger partial charge in [0, 0.05) is 43.9 Å². The van der Waals surface area contributed by atoms with Crippen molar-refractivity contribution in [2.75, 3.05) is 13.1 Å². The van der Waals surface area contributed by atoms with Crippen LogP contribution in [0.25, 0.3) is 0 Å². The first kappa shape index (κ1) is 13.7. The zero-order chi connectivity index (χ0) is 13.3. The van der Waals surface area contributed by atoms with Crippen LogP contribution in [-0.4, -0.2) is 41.9 Å². The minimum Gasteiger partial charge on any atom is -0.337 e. The lowest BCUT2D eigenvalue weighted by molar-refractivity contribution is -0.143. The van der Waals surface area contributed by atoms with Gasteiger partial charge in [-0.25, -0.2) is 8.78 Å². The van der Waals surface area contributed by atoms with E-state index in [1.807, 2.05) is 18.7 Å². The third kappa shape index (κ3) is 2.99. The normalized spacial score (nSPS) is 33.4. The van der Waals surface area contributed by atoms with Crippen molar-refractivity contribution in [3.05, 3.63) is 0 Å². The number of carbonyl (C=O) groups is 1. The van der Waals surface area contributed by atoms with Crippen LogP contribution in [0.5, 0.6) is 0 Å². The van der Waals surface area contributed by atoms with Crippen molar-refractivity contribution < 1.29 is 13.6 Å². The number of alkyl halides is 2. The van der Waals surface area contributed by atoms with Gasteiger partial charge < -0.3 is 10.2 Å². The maximum atomic E-state index is 13.1. The fourth-order valence-electron chi connectivity index (χ4n) is 2.85. The molecule has 104 valence electrons. The number of hydrogen-bond acceptors (Lipinski definition) is 2. The summed E-state index contributed by atoms with van der Waals surface area (Å²) in [7, 11) is 0. The summed E-state index contributed by atoms with van der Waals surface area (Å²) in [6, 6.07) is 0.450. The summed E-state index contributed by atoms with van der Waals surface area (Å²) >= 11 is 0. The van der Waals surface area contributed by atoms with Crippen LogP contribution in [-0.2, 0) is 4.79 Å². The van der Waals surface area contributed by atoms with Crippen LogP contribution in [0.4, 0.5) is 8.78 Å². The van der Waals surface area contributed by atoms with E-state index in [1.165, 1.54) is 0 Å². The molecule has 18 heavy (non-hydrogen) atoms. The second kappa shape index (κ2) is 5.11. The Morgan fingerprint density at radius 3 is 2.50 bits per heavy atom. The molecule has 1 heterocycles. The third-order valence-electron chi connectivity index (χ3n) is 4.11. The van der Waals surface area contributed by atoms with E-state index < -0.39 is 5.92 Å². The molecule has 2 atom stereocenters. The average Bonchev–Trinajstić information content (AvgIpc) is 2.31. The Balaban J connectivity index is 1.94. The minimum atomic E-state index is -2.56. The van der Waals surface area contributed by atoms with E-state index >= 15 is 0 Å². The molecule has 2 unspecified atom stereocenters. The van der Waals surface area contributed by atoms with Crippen LogP contribution in [0, 0.1) is 5.92 Å². The van der Waals surface area contributed by atoms with Crippen LogP contribution in [0.2, 0.25) is 0 Å². The predicted octanol–water partition coefficient (Wildman–Crippen LogP) is 2.02. The van der Waals surface area contributed by atoms with Crippen LogP contribution in [0.15, 0.2) is 0 Å². The molecule has 1 aliphatic heterocycles. The van der Waals surface area contributed by atoms with Gasteiger partial charge in [0.05, 0.1) is 0 Å². The smallest absolute Gasteiger partial charge is 0.248 e. The molecule has 1 aliphatic carbocycles. The van der Waals surface area contributed by atoms with Gasteiger partial charge in [-0.2, -0.15) is 0 Å². The van der Waals surface area contributed by atoms with Gasteiger partial charge in [-0.15, -0.1) is 0 Å². The van der Waals surface area contributed by atoms with Crippen molar-refractivity contribution in [1.29, 1.82) is 0 Å². The number of halogens is 2. The summed E-state index contributed by atoms with van der Waals surface area (Å²) in [5.41, 5.74) is 0. The van der Waals surface area contributed by atoms with Crippen LogP contribution < -0.4 is 5.32 Å². The van der Waals surface area contributed by atoms with Crippen LogP contribution >= 0.6 is 0 Å². The number of piperazine rings is 1. The second-order valence-corrected chi connectivity index (χ2v) is 5.78. The Kier molecular flexibility index (Phi) is 3.90. The molecular weight excluding hydrogens is 238 g/mol. The number of carbonyl (C=O) groups excluding carboxylic acids is 1. The van der Waals surface area contributed by atoms with E-state index in [4.69, 9.17) is 0 Å². The summed E-state index contributed by atoms with van der Waals surface area (Å²) in [5.74, 6) is -2.68. The molecule has 0 aromatic heterocycles. The molecule has 2 fully saturated rings. The standard InChI is InChI=1S/C13H22F2N2O/c1-9-8-17(10(2)7-16-9)12(18)11-3-5-13(14,15)6-4-11/h9-11,16H,3-8H2,1-2H3. The molecule has 5 heteroatoms. The lowest BCUT2D eigenvalue weighted by Gasteiger charge is -2.40. The van der Waals surface area contributed by atoms with Crippen LogP contribution in [0.1, 0.15) is 39.5 Å². The van der Waals surface area contributed by atoms with Crippen LogP contribution in [0.3, 0.4) is 0 Å². The molecule has 2 aliphatic rings. The van der Waals surface area contributed by atoms with Gasteiger partial charge in [-0.3, -0.25) is 4.79 Å². The number of rotatable bonds is 1. The molecule has 1 saturated carbocycles. The van der Waals surface area contributed by atoms with E-state index in [9.17, 15) is 13.6 Å². The average molecular weight is 260 g/mol. The Morgan fingerprint density at radius 2 is 1.89 bits per heavy atom. The van der Waals surface area contributed by atoms with Gasteiger partial charge in [0.2, 0.25) is 11.8 Å². The van der Waals surface area contributed by atoms with Gasteiger partial charge in [0.25, 0.3) is 0 Å². The zero-order valence-electron chi connectivity index (χ0n) is 11.1. The molecule has 0 aromatic rings. The highest BCUT2D eigenvalue weighted by Crippen LogP contribution is 2.37. The lowest BCUT2D eigenvalue weighted by atomic mass is 9.85. The topological polar surface area (TPSA) is 32.3 Å². The maximum absolute atomic E-state index is 13.1. The first-order chi connectivity index (χ1) is 8.39. The third-order valence-corrected chi connectivity index (χ3v) is 4.11. The minimum absolute atomic E-state index is 0.0753. The Bertz CT molecular complexity index is 312. The quantitative estimate of drug-likeness (QED) is 0.782. The molecule has 0 radical (unpaired) electrons. The van der Waals surface area contributed by atoms with Gasteiger partial charge >= 0.3 is 0 Å². The number of nitrogens with one attached hydrogen (secondary N) is 1. The Hall–Kier alpha value is -0.710. The number of nitrogens with zero attached hydrogens (tertiary/aromatic N) is 1. The van der Waals surface area contributed by atoms with Crippen molar-refractivity contribution in [3.8, 4) is 0 Å². The van der Waals surface area contributed by atoms with Gasteiger partial charge in [-0.05, 0) is 26.7 Å². The first-order valence-corrected chi connectivity index (χ1v) is 6.81. The first-order valence-electron chi connectivity index (χ1n) is 6.81. The molecule has 1 N–H and O–H groups in total. The summed E-state index contributed by atoms with van der Waals surface area (Å²) in [5, 5.41) is 3.32. The highest BCUT2D eigenvalue weighted by Gasteiger charge is 2.40. The van der Waals surface area contributed by atoms with Crippen molar-refractivity contribution in [2.24, 2.45) is 5.92 Å². The van der Waals surface area contributed by atoms with E-state index in [2.05, 4.69) is 5.32 Å². The van der Waals surface area contributed by atoms with E-state index in [0.29, 0.717) is 19.4 Å². The SMILES string of the molecule is CC1CN(C(=O)C2CCC(F)(F)CC2)C(C)CN1. The molecule has 0 spiro atoms. The molecule has 1 amide bonds. The molecule has 2 rings (SSSR count). The molecule has 0 aromatic carbocycles. The Morgan fingerprint density at radius 1 is 1.28 bits per heavy atom. The Labute approximate surface area is 107 Å². The van der Waals surface area contributed by atoms with Crippen molar-refractivity contribution in [2.45, 2.75) is 57.5 Å². The summed E-state index contributed by atoms with van der Waals surface area (Å²) in [6.45, 7) is 5.53. The number of amides is 1. The fraction of sp³-hybridized carbons (Fsp3) is 0.923. The number of hydrogen-bond donors (Lipinski definition) is 1. The predicted molar refractivity (Wildman–Crippen MR) is 65.5 cm³/mol. The summed E-state index contributed by atoms with van der Waals surface area (Å²) in [4.78, 5) is 14.2. The van der Waals surface area contributed by atoms with Gasteiger partial charge in [-0.1, -0.05) is 0 Å². The highest BCUT2D eigenvalue weighted by atomic mass is 19.3. The van der Waals surface area contributed by atoms with E-state index in [-0.39, 0.29) is 36.8 Å². The fourth-order valence-corrected chi connectivity index (χ4v) is 2.85. The lowest BCUT2D eigenvalue weighted by Crippen LogP contribution is -2.57.